The van der Waals surface area contributed by atoms with Crippen LogP contribution < -0.4 is 5.32 Å². The second-order valence-electron chi connectivity index (χ2n) is 4.05. The number of nitrogens with one attached hydrogen (secondary N) is 1. The van der Waals surface area contributed by atoms with Gasteiger partial charge in [-0.15, -0.1) is 0 Å². The monoisotopic (exact) mass is 139 g/mol. The minimum atomic E-state index is 0.797. The van der Waals surface area contributed by atoms with Crippen LogP contribution in [0.3, 0.4) is 0 Å². The molecule has 0 bridgehead atoms. The molecule has 1 atom stereocenters. The maximum atomic E-state index is 3.43. The summed E-state index contributed by atoms with van der Waals surface area (Å²) in [5.74, 6) is 1.02. The van der Waals surface area contributed by atoms with E-state index in [1.165, 1.54) is 38.8 Å². The number of rotatable bonds is 0. The Hall–Kier alpha value is -0.0400. The third-order valence-corrected chi connectivity index (χ3v) is 3.72. The molecule has 58 valence electrons. The van der Waals surface area contributed by atoms with Crippen molar-refractivity contribution >= 4 is 0 Å². The third kappa shape index (κ3) is 0.800. The van der Waals surface area contributed by atoms with Crippen molar-refractivity contribution in [2.75, 3.05) is 13.1 Å². The van der Waals surface area contributed by atoms with E-state index in [0.717, 1.165) is 11.3 Å². The summed E-state index contributed by atoms with van der Waals surface area (Å²) in [5, 5.41) is 3.43. The molecule has 2 fully saturated rings. The Labute approximate surface area is 63.2 Å². The van der Waals surface area contributed by atoms with E-state index in [4.69, 9.17) is 0 Å². The van der Waals surface area contributed by atoms with Gasteiger partial charge < -0.3 is 5.32 Å². The molecule has 0 aromatic carbocycles. The smallest absolute Gasteiger partial charge is 0.00435 e. The van der Waals surface area contributed by atoms with Gasteiger partial charge in [-0.2, -0.15) is 0 Å². The van der Waals surface area contributed by atoms with Crippen molar-refractivity contribution in [1.82, 2.24) is 5.32 Å². The molecule has 1 spiro atoms. The molecule has 10 heavy (non-hydrogen) atoms. The summed E-state index contributed by atoms with van der Waals surface area (Å²) >= 11 is 0. The zero-order valence-electron chi connectivity index (χ0n) is 6.82. The van der Waals surface area contributed by atoms with Crippen molar-refractivity contribution in [1.29, 1.82) is 0 Å². The molecule has 1 heterocycles. The average molecular weight is 139 g/mol. The van der Waals surface area contributed by atoms with Gasteiger partial charge in [0.2, 0.25) is 0 Å². The predicted octanol–water partition coefficient (Wildman–Crippen LogP) is 1.79. The van der Waals surface area contributed by atoms with Crippen LogP contribution in [0.5, 0.6) is 0 Å². The van der Waals surface area contributed by atoms with E-state index in [1.54, 1.807) is 0 Å². The summed E-state index contributed by atoms with van der Waals surface area (Å²) in [6.45, 7) is 4.96. The average Bonchev–Trinajstić information content (AvgIpc) is 2.04. The molecule has 1 aliphatic heterocycles. The fraction of sp³-hybridized carbons (Fsp3) is 1.00. The van der Waals surface area contributed by atoms with Gasteiger partial charge in [-0.05, 0) is 50.1 Å². The number of hydrogen-bond acceptors (Lipinski definition) is 1. The van der Waals surface area contributed by atoms with Gasteiger partial charge in [0.25, 0.3) is 0 Å². The molecule has 0 radical (unpaired) electrons. The minimum Gasteiger partial charge on any atom is -0.317 e. The van der Waals surface area contributed by atoms with Gasteiger partial charge in [-0.3, -0.25) is 0 Å². The van der Waals surface area contributed by atoms with Crippen LogP contribution >= 0.6 is 0 Å². The number of piperidine rings is 1. The van der Waals surface area contributed by atoms with Crippen molar-refractivity contribution in [3.05, 3.63) is 0 Å². The largest absolute Gasteiger partial charge is 0.317 e. The molecule has 0 aromatic heterocycles. The van der Waals surface area contributed by atoms with Gasteiger partial charge in [-0.1, -0.05) is 6.92 Å². The molecular weight excluding hydrogens is 122 g/mol. The van der Waals surface area contributed by atoms with E-state index in [-0.39, 0.29) is 0 Å². The van der Waals surface area contributed by atoms with Crippen LogP contribution in [0.25, 0.3) is 0 Å². The lowest BCUT2D eigenvalue weighted by Crippen LogP contribution is -2.46. The standard InChI is InChI=1S/C9H17N/c1-8-2-3-9(8)4-6-10-7-5-9/h8,10H,2-7H2,1H3/t8-/m0/s1. The van der Waals surface area contributed by atoms with E-state index in [9.17, 15) is 0 Å². The van der Waals surface area contributed by atoms with E-state index in [1.807, 2.05) is 0 Å². The summed E-state index contributed by atoms with van der Waals surface area (Å²) in [6.07, 6.45) is 5.87. The normalized spacial score (nSPS) is 37.5. The van der Waals surface area contributed by atoms with Crippen molar-refractivity contribution in [3.8, 4) is 0 Å². The molecular formula is C9H17N. The second-order valence-corrected chi connectivity index (χ2v) is 4.05. The van der Waals surface area contributed by atoms with Gasteiger partial charge in [-0.25, -0.2) is 0 Å². The van der Waals surface area contributed by atoms with Crippen LogP contribution in [0.1, 0.15) is 32.6 Å². The summed E-state index contributed by atoms with van der Waals surface area (Å²) in [6, 6.07) is 0. The lowest BCUT2D eigenvalue weighted by Gasteiger charge is -2.51. The van der Waals surface area contributed by atoms with Crippen molar-refractivity contribution in [3.63, 3.8) is 0 Å². The molecule has 1 saturated carbocycles. The predicted molar refractivity (Wildman–Crippen MR) is 42.9 cm³/mol. The molecule has 2 rings (SSSR count). The number of hydrogen-bond donors (Lipinski definition) is 1. The SMILES string of the molecule is C[C@H]1CCC12CCNCC2. The highest BCUT2D eigenvalue weighted by molar-refractivity contribution is 4.95. The topological polar surface area (TPSA) is 12.0 Å². The van der Waals surface area contributed by atoms with Crippen LogP contribution in [-0.4, -0.2) is 13.1 Å². The molecule has 1 aliphatic carbocycles. The van der Waals surface area contributed by atoms with Gasteiger partial charge >= 0.3 is 0 Å². The molecule has 0 aromatic rings. The highest BCUT2D eigenvalue weighted by Gasteiger charge is 2.43. The molecule has 1 heteroatoms. The minimum absolute atomic E-state index is 0.797. The van der Waals surface area contributed by atoms with E-state index < -0.39 is 0 Å². The fourth-order valence-corrected chi connectivity index (χ4v) is 2.51. The second kappa shape index (κ2) is 2.23. The van der Waals surface area contributed by atoms with Gasteiger partial charge in [0.15, 0.2) is 0 Å². The van der Waals surface area contributed by atoms with Crippen molar-refractivity contribution < 1.29 is 0 Å². The van der Waals surface area contributed by atoms with Crippen LogP contribution in [-0.2, 0) is 0 Å². The molecule has 2 aliphatic rings. The first-order valence-corrected chi connectivity index (χ1v) is 4.54. The quantitative estimate of drug-likeness (QED) is 0.539. The highest BCUT2D eigenvalue weighted by atomic mass is 14.9. The van der Waals surface area contributed by atoms with E-state index in [0.29, 0.717) is 0 Å². The van der Waals surface area contributed by atoms with Gasteiger partial charge in [0, 0.05) is 0 Å². The first kappa shape index (κ1) is 6.66. The Morgan fingerprint density at radius 3 is 2.20 bits per heavy atom. The van der Waals surface area contributed by atoms with E-state index in [2.05, 4.69) is 12.2 Å². The maximum Gasteiger partial charge on any atom is -0.00435 e. The molecule has 1 N–H and O–H groups in total. The third-order valence-electron chi connectivity index (χ3n) is 3.72. The lowest BCUT2D eigenvalue weighted by molar-refractivity contribution is 0.0101. The van der Waals surface area contributed by atoms with Crippen LogP contribution in [0.2, 0.25) is 0 Å². The summed E-state index contributed by atoms with van der Waals surface area (Å²) in [4.78, 5) is 0. The summed E-state index contributed by atoms with van der Waals surface area (Å²) in [5.41, 5.74) is 0.797. The van der Waals surface area contributed by atoms with Crippen molar-refractivity contribution in [2.45, 2.75) is 32.6 Å². The Bertz CT molecular complexity index is 125. The first-order chi connectivity index (χ1) is 4.83. The summed E-state index contributed by atoms with van der Waals surface area (Å²) in [7, 11) is 0. The van der Waals surface area contributed by atoms with Crippen LogP contribution in [0.4, 0.5) is 0 Å². The first-order valence-electron chi connectivity index (χ1n) is 4.54. The van der Waals surface area contributed by atoms with Gasteiger partial charge in [0.05, 0.1) is 0 Å². The molecule has 1 saturated heterocycles. The maximum absolute atomic E-state index is 3.43. The molecule has 0 unspecified atom stereocenters. The van der Waals surface area contributed by atoms with Crippen LogP contribution in [0.15, 0.2) is 0 Å². The Morgan fingerprint density at radius 1 is 1.20 bits per heavy atom. The van der Waals surface area contributed by atoms with Crippen molar-refractivity contribution in [2.24, 2.45) is 11.3 Å². The summed E-state index contributed by atoms with van der Waals surface area (Å²) < 4.78 is 0. The zero-order valence-corrected chi connectivity index (χ0v) is 6.82. The Balaban J connectivity index is 1.99. The Morgan fingerprint density at radius 2 is 1.90 bits per heavy atom. The van der Waals surface area contributed by atoms with Gasteiger partial charge in [0.1, 0.15) is 0 Å². The van der Waals surface area contributed by atoms with E-state index >= 15 is 0 Å². The fourth-order valence-electron chi connectivity index (χ4n) is 2.51. The molecule has 1 nitrogen and oxygen atoms in total. The highest BCUT2D eigenvalue weighted by Crippen LogP contribution is 2.52. The zero-order chi connectivity index (χ0) is 7.03. The Kier molecular flexibility index (Phi) is 1.48. The van der Waals surface area contributed by atoms with Crippen LogP contribution in [0, 0.1) is 11.3 Å². The lowest BCUT2D eigenvalue weighted by atomic mass is 9.56. The molecule has 0 amide bonds.